The highest BCUT2D eigenvalue weighted by Gasteiger charge is 2.34. The van der Waals surface area contributed by atoms with Gasteiger partial charge in [0.15, 0.2) is 0 Å². The van der Waals surface area contributed by atoms with E-state index in [0.29, 0.717) is 15.8 Å². The van der Waals surface area contributed by atoms with Gasteiger partial charge in [0.1, 0.15) is 15.6 Å². The molecule has 31 heavy (non-hydrogen) atoms. The van der Waals surface area contributed by atoms with E-state index in [-0.39, 0.29) is 5.41 Å². The second-order valence-electron chi connectivity index (χ2n) is 9.17. The molecule has 0 amide bonds. The first kappa shape index (κ1) is 20.6. The number of anilines is 1. The summed E-state index contributed by atoms with van der Waals surface area (Å²) < 4.78 is 35.5. The molecule has 0 spiro atoms. The van der Waals surface area contributed by atoms with Crippen LogP contribution in [0.25, 0.3) is 21.7 Å². The van der Waals surface area contributed by atoms with Crippen molar-refractivity contribution in [3.05, 3.63) is 59.2 Å². The molecule has 2 heterocycles. The molecule has 4 aromatic rings. The van der Waals surface area contributed by atoms with E-state index in [1.54, 1.807) is 17.5 Å². The lowest BCUT2D eigenvalue weighted by atomic mass is 9.69. The Morgan fingerprint density at radius 1 is 1.13 bits per heavy atom. The topological polar surface area (TPSA) is 59.3 Å². The van der Waals surface area contributed by atoms with E-state index in [0.717, 1.165) is 53.2 Å². The summed E-state index contributed by atoms with van der Waals surface area (Å²) in [6.45, 7) is 6.95. The number of hydrogen-bond acceptors (Lipinski definition) is 4. The standard InChI is InChI=1S/C25H27NO3S2/c1-4-25(2,3)16-11-12-22-19(14-16)20-15-21(26-31(27,28)23-10-7-13-30-23)17-8-5-6-9-18(17)24(20)29-22/h5-10,13,15-16,26H,4,11-12,14H2,1-3H3. The number of benzene rings is 2. The molecule has 162 valence electrons. The highest BCUT2D eigenvalue weighted by atomic mass is 32.2. The van der Waals surface area contributed by atoms with Crippen LogP contribution in [-0.4, -0.2) is 8.42 Å². The molecule has 5 rings (SSSR count). The molecule has 1 aliphatic rings. The molecule has 2 aromatic carbocycles. The predicted octanol–water partition coefficient (Wildman–Crippen LogP) is 6.99. The molecule has 1 aliphatic carbocycles. The van der Waals surface area contributed by atoms with Gasteiger partial charge in [0, 0.05) is 28.1 Å². The number of hydrogen-bond donors (Lipinski definition) is 1. The quantitative estimate of drug-likeness (QED) is 0.354. The summed E-state index contributed by atoms with van der Waals surface area (Å²) in [5, 5.41) is 4.61. The first-order valence-corrected chi connectivity index (χ1v) is 13.2. The average molecular weight is 454 g/mol. The van der Waals surface area contributed by atoms with Crippen LogP contribution in [0.4, 0.5) is 5.69 Å². The number of fused-ring (bicyclic) bond motifs is 5. The van der Waals surface area contributed by atoms with E-state index < -0.39 is 10.0 Å². The first-order chi connectivity index (χ1) is 14.8. The minimum Gasteiger partial charge on any atom is -0.460 e. The minimum absolute atomic E-state index is 0.266. The van der Waals surface area contributed by atoms with Crippen LogP contribution in [0.2, 0.25) is 0 Å². The van der Waals surface area contributed by atoms with E-state index in [2.05, 4.69) is 25.5 Å². The van der Waals surface area contributed by atoms with Crippen molar-refractivity contribution in [3.63, 3.8) is 0 Å². The van der Waals surface area contributed by atoms with E-state index in [9.17, 15) is 8.42 Å². The molecule has 4 nitrogen and oxygen atoms in total. The SMILES string of the molecule is CCC(C)(C)C1CCc2oc3c(cc(NS(=O)(=O)c4cccs4)c4ccccc43)c2C1. The average Bonchev–Trinajstić information content (AvgIpc) is 3.42. The summed E-state index contributed by atoms with van der Waals surface area (Å²) in [4.78, 5) is 0. The molecule has 1 unspecified atom stereocenters. The summed E-state index contributed by atoms with van der Waals surface area (Å²) in [5.41, 5.74) is 2.99. The zero-order valence-corrected chi connectivity index (χ0v) is 19.7. The molecule has 0 radical (unpaired) electrons. The Kier molecular flexibility index (Phi) is 4.90. The number of thiophene rings is 1. The number of furan rings is 1. The molecular weight excluding hydrogens is 426 g/mol. The van der Waals surface area contributed by atoms with Gasteiger partial charge in [0.2, 0.25) is 0 Å². The Morgan fingerprint density at radius 2 is 1.90 bits per heavy atom. The lowest BCUT2D eigenvalue weighted by Gasteiger charge is -2.36. The summed E-state index contributed by atoms with van der Waals surface area (Å²) in [6, 6.07) is 13.2. The summed E-state index contributed by atoms with van der Waals surface area (Å²) in [6.07, 6.45) is 4.17. The Morgan fingerprint density at radius 3 is 2.61 bits per heavy atom. The van der Waals surface area contributed by atoms with E-state index >= 15 is 0 Å². The second kappa shape index (κ2) is 7.38. The molecule has 0 fully saturated rings. The molecule has 0 saturated heterocycles. The number of aryl methyl sites for hydroxylation is 1. The van der Waals surface area contributed by atoms with E-state index in [4.69, 9.17) is 4.42 Å². The molecule has 2 aromatic heterocycles. The van der Waals surface area contributed by atoms with Crippen LogP contribution in [0.3, 0.4) is 0 Å². The van der Waals surface area contributed by atoms with E-state index in [1.807, 2.05) is 30.3 Å². The zero-order valence-electron chi connectivity index (χ0n) is 18.1. The normalized spacial score (nSPS) is 17.2. The van der Waals surface area contributed by atoms with Gasteiger partial charge in [-0.3, -0.25) is 4.72 Å². The monoisotopic (exact) mass is 453 g/mol. The fraction of sp³-hybridized carbons (Fsp3) is 0.360. The Bertz CT molecular complexity index is 1370. The second-order valence-corrected chi connectivity index (χ2v) is 12.0. The molecule has 1 N–H and O–H groups in total. The number of sulfonamides is 1. The van der Waals surface area contributed by atoms with Gasteiger partial charge in [-0.25, -0.2) is 8.42 Å². The Balaban J connectivity index is 1.68. The number of nitrogens with one attached hydrogen (secondary N) is 1. The van der Waals surface area contributed by atoms with Crippen molar-refractivity contribution in [3.8, 4) is 0 Å². The van der Waals surface area contributed by atoms with Crippen molar-refractivity contribution in [2.24, 2.45) is 11.3 Å². The largest absolute Gasteiger partial charge is 0.460 e. The van der Waals surface area contributed by atoms with Crippen molar-refractivity contribution >= 4 is 48.8 Å². The highest BCUT2D eigenvalue weighted by molar-refractivity contribution is 7.94. The summed E-state index contributed by atoms with van der Waals surface area (Å²) in [7, 11) is -3.63. The smallest absolute Gasteiger partial charge is 0.271 e. The van der Waals surface area contributed by atoms with Crippen LogP contribution >= 0.6 is 11.3 Å². The van der Waals surface area contributed by atoms with Crippen molar-refractivity contribution in [1.82, 2.24) is 0 Å². The van der Waals surface area contributed by atoms with Gasteiger partial charge in [0.05, 0.1) is 5.69 Å². The van der Waals surface area contributed by atoms with Gasteiger partial charge in [-0.1, -0.05) is 57.5 Å². The van der Waals surface area contributed by atoms with Gasteiger partial charge in [-0.05, 0) is 41.7 Å². The maximum atomic E-state index is 13.0. The number of rotatable bonds is 5. The highest BCUT2D eigenvalue weighted by Crippen LogP contribution is 2.45. The molecule has 1 atom stereocenters. The Labute approximate surface area is 187 Å². The van der Waals surface area contributed by atoms with Gasteiger partial charge in [-0.15, -0.1) is 11.3 Å². The maximum absolute atomic E-state index is 13.0. The predicted molar refractivity (Wildman–Crippen MR) is 128 cm³/mol. The van der Waals surface area contributed by atoms with Gasteiger partial charge in [0.25, 0.3) is 10.0 Å². The van der Waals surface area contributed by atoms with Crippen LogP contribution in [0, 0.1) is 11.3 Å². The minimum atomic E-state index is -3.63. The van der Waals surface area contributed by atoms with E-state index in [1.165, 1.54) is 16.9 Å². The van der Waals surface area contributed by atoms with Crippen LogP contribution in [0.1, 0.15) is 44.9 Å². The molecule has 0 aliphatic heterocycles. The van der Waals surface area contributed by atoms with Gasteiger partial charge >= 0.3 is 0 Å². The molecule has 6 heteroatoms. The van der Waals surface area contributed by atoms with Crippen molar-refractivity contribution < 1.29 is 12.8 Å². The fourth-order valence-corrected chi connectivity index (χ4v) is 6.81. The van der Waals surface area contributed by atoms with Gasteiger partial charge in [-0.2, -0.15) is 0 Å². The molecule has 0 saturated carbocycles. The third-order valence-electron chi connectivity index (χ3n) is 7.07. The van der Waals surface area contributed by atoms with Crippen LogP contribution in [0.15, 0.2) is 56.5 Å². The van der Waals surface area contributed by atoms with Gasteiger partial charge < -0.3 is 4.42 Å². The lowest BCUT2D eigenvalue weighted by Crippen LogP contribution is -2.28. The van der Waals surface area contributed by atoms with Crippen LogP contribution in [-0.2, 0) is 22.9 Å². The first-order valence-electron chi connectivity index (χ1n) is 10.8. The van der Waals surface area contributed by atoms with Crippen LogP contribution < -0.4 is 4.72 Å². The Hall–Kier alpha value is -2.31. The lowest BCUT2D eigenvalue weighted by molar-refractivity contribution is 0.179. The van der Waals surface area contributed by atoms with Crippen molar-refractivity contribution in [1.29, 1.82) is 0 Å². The van der Waals surface area contributed by atoms with Crippen molar-refractivity contribution in [2.75, 3.05) is 4.72 Å². The summed E-state index contributed by atoms with van der Waals surface area (Å²) >= 11 is 1.22. The fourth-order valence-electron chi connectivity index (χ4n) is 4.75. The molecule has 0 bridgehead atoms. The third-order valence-corrected chi connectivity index (χ3v) is 9.84. The zero-order chi connectivity index (χ0) is 21.8. The third kappa shape index (κ3) is 3.46. The maximum Gasteiger partial charge on any atom is 0.271 e. The van der Waals surface area contributed by atoms with Crippen LogP contribution in [0.5, 0.6) is 0 Å². The molecular formula is C25H27NO3S2. The summed E-state index contributed by atoms with van der Waals surface area (Å²) in [5.74, 6) is 1.64. The van der Waals surface area contributed by atoms with Crippen molar-refractivity contribution in [2.45, 2.75) is 50.7 Å².